The normalized spacial score (nSPS) is 12.3. The van der Waals surface area contributed by atoms with E-state index in [0.29, 0.717) is 22.4 Å². The molecule has 0 bridgehead atoms. The molecule has 0 atom stereocenters. The summed E-state index contributed by atoms with van der Waals surface area (Å²) < 4.78 is 61.1. The zero-order valence-corrected chi connectivity index (χ0v) is 51.1. The number of alkyl halides is 3. The van der Waals surface area contributed by atoms with Crippen molar-refractivity contribution in [1.29, 1.82) is 5.26 Å². The van der Waals surface area contributed by atoms with Crippen molar-refractivity contribution in [2.45, 2.75) is 6.18 Å². The second-order valence-corrected chi connectivity index (χ2v) is 25.0. The van der Waals surface area contributed by atoms with Crippen LogP contribution in [-0.4, -0.2) is 27.4 Å². The van der Waals surface area contributed by atoms with Crippen LogP contribution in [0.2, 0.25) is 0 Å². The maximum atomic E-state index is 15.9. The van der Waals surface area contributed by atoms with E-state index in [1.165, 1.54) is 12.1 Å². The van der Waals surface area contributed by atoms with Crippen LogP contribution in [0.4, 0.5) is 13.2 Å². The van der Waals surface area contributed by atoms with Gasteiger partial charge in [-0.1, -0.05) is 170 Å². The van der Waals surface area contributed by atoms with E-state index in [0.717, 1.165) is 149 Å². The van der Waals surface area contributed by atoms with Crippen molar-refractivity contribution < 1.29 is 13.2 Å². The first-order valence-electron chi connectivity index (χ1n) is 32.1. The van der Waals surface area contributed by atoms with Crippen LogP contribution in [0.15, 0.2) is 303 Å². The molecule has 0 saturated carbocycles. The molecule has 6 heterocycles. The molecule has 0 saturated heterocycles. The van der Waals surface area contributed by atoms with Crippen molar-refractivity contribution in [3.63, 3.8) is 0 Å². The van der Waals surface area contributed by atoms with Gasteiger partial charge in [-0.05, 0) is 139 Å². The zero-order valence-electron chi connectivity index (χ0n) is 51.1. The molecule has 20 aromatic rings. The van der Waals surface area contributed by atoms with Crippen molar-refractivity contribution in [2.75, 3.05) is 0 Å². The maximum absolute atomic E-state index is 15.9. The summed E-state index contributed by atoms with van der Waals surface area (Å²) in [5.41, 5.74) is 15.6. The van der Waals surface area contributed by atoms with Gasteiger partial charge in [-0.15, -0.1) is 0 Å². The Balaban J connectivity index is 0.907. The van der Waals surface area contributed by atoms with Crippen LogP contribution in [0.3, 0.4) is 0 Å². The second kappa shape index (κ2) is 20.1. The maximum Gasteiger partial charge on any atom is 0.417 e. The fourth-order valence-electron chi connectivity index (χ4n) is 16.1. The van der Waals surface area contributed by atoms with E-state index in [1.807, 2.05) is 6.07 Å². The van der Waals surface area contributed by atoms with Gasteiger partial charge in [0.15, 0.2) is 0 Å². The first-order chi connectivity index (χ1) is 47.3. The molecule has 450 valence electrons. The summed E-state index contributed by atoms with van der Waals surface area (Å²) in [6, 6.07) is 106. The molecule has 7 nitrogen and oxygen atoms in total. The van der Waals surface area contributed by atoms with Gasteiger partial charge in [0.1, 0.15) is 11.6 Å². The predicted molar refractivity (Wildman–Crippen MR) is 388 cm³/mol. The number of hydrogen-bond donors (Lipinski definition) is 0. The lowest BCUT2D eigenvalue weighted by Gasteiger charge is -2.22. The number of halogens is 3. The molecule has 0 unspecified atom stereocenters. The van der Waals surface area contributed by atoms with Gasteiger partial charge >= 0.3 is 6.18 Å². The number of nitrogens with zero attached hydrogens (tertiary/aromatic N) is 7. The molecule has 96 heavy (non-hydrogen) atoms. The summed E-state index contributed by atoms with van der Waals surface area (Å²) >= 11 is 0. The van der Waals surface area contributed by atoms with Gasteiger partial charge in [-0.25, -0.2) is 0 Å². The van der Waals surface area contributed by atoms with Crippen LogP contribution >= 0.6 is 0 Å². The van der Waals surface area contributed by atoms with Crippen LogP contribution in [0, 0.1) is 11.3 Å². The highest BCUT2D eigenvalue weighted by Crippen LogP contribution is 2.48. The highest BCUT2D eigenvalue weighted by Gasteiger charge is 2.36. The Labute approximate surface area is 545 Å². The Morgan fingerprint density at radius 1 is 0.240 bits per heavy atom. The summed E-state index contributed by atoms with van der Waals surface area (Å²) in [4.78, 5) is 0. The largest absolute Gasteiger partial charge is 0.417 e. The first kappa shape index (κ1) is 53.8. The fourth-order valence-corrected chi connectivity index (χ4v) is 16.1. The number of aromatic nitrogens is 6. The number of para-hydroxylation sites is 8. The topological polar surface area (TPSA) is 53.4 Å². The van der Waals surface area contributed by atoms with E-state index < -0.39 is 11.7 Å². The molecule has 0 aliphatic heterocycles. The minimum Gasteiger partial charge on any atom is -0.309 e. The summed E-state index contributed by atoms with van der Waals surface area (Å²) in [6.07, 6.45) is -4.75. The van der Waals surface area contributed by atoms with Gasteiger partial charge in [0, 0.05) is 92.9 Å². The standard InChI is InChI=1S/C86H50F3N7/c87-86(88,89)71-28-10-1-19-56(71)65-41-46-84(95-80-42-37-52(91-72-29-11-2-20-57(72)58-21-3-12-30-73(58)91)47-66(80)67-48-53(38-43-81(67)95)92-74-31-13-4-22-59(74)60-23-5-14-32-75(60)92)70(51-90)85(65)96-82-44-39-54(93-76-33-15-6-24-61(76)62-25-7-16-34-77(62)93)49-68(82)69-50-55(40-45-83(69)96)94-78-35-17-8-26-63(78)64-27-9-18-36-79(64)94/h1-50H. The molecule has 10 heteroatoms. The third-order valence-corrected chi connectivity index (χ3v) is 20.1. The Bertz CT molecular complexity index is 6240. The molecule has 0 aliphatic rings. The molecule has 0 fully saturated rings. The van der Waals surface area contributed by atoms with Gasteiger partial charge in [0.25, 0.3) is 0 Å². The van der Waals surface area contributed by atoms with Crippen molar-refractivity contribution in [2.24, 2.45) is 0 Å². The van der Waals surface area contributed by atoms with Crippen LogP contribution < -0.4 is 0 Å². The molecule has 6 aromatic heterocycles. The zero-order chi connectivity index (χ0) is 63.7. The number of hydrogen-bond acceptors (Lipinski definition) is 1. The van der Waals surface area contributed by atoms with E-state index in [9.17, 15) is 5.26 Å². The average Bonchev–Trinajstić information content (AvgIpc) is 1.53. The highest BCUT2D eigenvalue weighted by molar-refractivity contribution is 6.17. The number of nitriles is 1. The predicted octanol–water partition coefficient (Wildman–Crippen LogP) is 22.8. The molecule has 20 rings (SSSR count). The second-order valence-electron chi connectivity index (χ2n) is 25.0. The summed E-state index contributed by atoms with van der Waals surface area (Å²) in [6.45, 7) is 0. The van der Waals surface area contributed by atoms with Gasteiger partial charge < -0.3 is 27.4 Å². The fraction of sp³-hybridized carbons (Fsp3) is 0.0116. The molecule has 0 aliphatic carbocycles. The number of fused-ring (bicyclic) bond motifs is 18. The Morgan fingerprint density at radius 3 is 0.792 bits per heavy atom. The van der Waals surface area contributed by atoms with E-state index in [1.54, 1.807) is 12.1 Å². The minimum absolute atomic E-state index is 0.0456. The molecular formula is C86H50F3N7. The molecular weight excluding hydrogens is 1190 g/mol. The van der Waals surface area contributed by atoms with Crippen LogP contribution in [-0.2, 0) is 6.18 Å². The Morgan fingerprint density at radius 2 is 0.500 bits per heavy atom. The molecule has 0 N–H and O–H groups in total. The lowest BCUT2D eigenvalue weighted by molar-refractivity contribution is -0.137. The van der Waals surface area contributed by atoms with Crippen LogP contribution in [0.5, 0.6) is 0 Å². The van der Waals surface area contributed by atoms with Crippen molar-refractivity contribution in [3.8, 4) is 51.3 Å². The monoisotopic (exact) mass is 1240 g/mol. The number of benzene rings is 14. The van der Waals surface area contributed by atoms with E-state index in [2.05, 4.69) is 300 Å². The highest BCUT2D eigenvalue weighted by atomic mass is 19.4. The Hall–Kier alpha value is -12.8. The lowest BCUT2D eigenvalue weighted by Crippen LogP contribution is -2.10. The van der Waals surface area contributed by atoms with Crippen LogP contribution in [0.25, 0.3) is 176 Å². The lowest BCUT2D eigenvalue weighted by atomic mass is 9.94. The molecule has 0 amide bonds. The summed E-state index contributed by atoms with van der Waals surface area (Å²) in [5.74, 6) is 0. The summed E-state index contributed by atoms with van der Waals surface area (Å²) in [7, 11) is 0. The van der Waals surface area contributed by atoms with Gasteiger partial charge in [-0.3, -0.25) is 0 Å². The van der Waals surface area contributed by atoms with Crippen molar-refractivity contribution in [3.05, 3.63) is 314 Å². The average molecular weight is 1240 g/mol. The quantitative estimate of drug-likeness (QED) is 0.157. The summed E-state index contributed by atoms with van der Waals surface area (Å²) in [5, 5.41) is 25.0. The smallest absolute Gasteiger partial charge is 0.309 e. The van der Waals surface area contributed by atoms with E-state index >= 15 is 13.2 Å². The SMILES string of the molecule is N#Cc1c(-n2c3ccc(-n4c5ccccc5c5ccccc54)cc3c3cc(-n4c5ccccc5c5ccccc54)ccc32)ccc(-c2ccccc2C(F)(F)F)c1-n1c2ccc(-n3c4ccccc4c4ccccc43)cc2c2cc(-n3c4ccccc4c4ccccc43)ccc21. The van der Waals surface area contributed by atoms with Gasteiger partial charge in [-0.2, -0.15) is 18.4 Å². The van der Waals surface area contributed by atoms with Crippen molar-refractivity contribution in [1.82, 2.24) is 27.4 Å². The first-order valence-corrected chi connectivity index (χ1v) is 32.1. The third kappa shape index (κ3) is 7.53. The van der Waals surface area contributed by atoms with Gasteiger partial charge in [0.2, 0.25) is 0 Å². The van der Waals surface area contributed by atoms with Gasteiger partial charge in [0.05, 0.1) is 83.1 Å². The number of rotatable bonds is 7. The molecule has 14 aromatic carbocycles. The van der Waals surface area contributed by atoms with E-state index in [4.69, 9.17) is 0 Å². The molecule has 0 spiro atoms. The van der Waals surface area contributed by atoms with Crippen LogP contribution in [0.1, 0.15) is 11.1 Å². The van der Waals surface area contributed by atoms with Crippen molar-refractivity contribution >= 4 is 131 Å². The Kier molecular flexibility index (Phi) is 11.3. The minimum atomic E-state index is -4.75. The molecule has 0 radical (unpaired) electrons. The third-order valence-electron chi connectivity index (χ3n) is 20.1. The van der Waals surface area contributed by atoms with E-state index in [-0.39, 0.29) is 16.7 Å².